The fourth-order valence-corrected chi connectivity index (χ4v) is 2.37. The van der Waals surface area contributed by atoms with E-state index in [1.807, 2.05) is 30.3 Å². The number of rotatable bonds is 3. The molecule has 0 bridgehead atoms. The van der Waals surface area contributed by atoms with E-state index in [0.717, 1.165) is 16.5 Å². The van der Waals surface area contributed by atoms with E-state index >= 15 is 0 Å². The lowest BCUT2D eigenvalue weighted by Crippen LogP contribution is -2.21. The minimum Gasteiger partial charge on any atom is -0.465 e. The molecule has 22 heavy (non-hydrogen) atoms. The van der Waals surface area contributed by atoms with Crippen LogP contribution in [0.5, 0.6) is 0 Å². The van der Waals surface area contributed by atoms with Crippen molar-refractivity contribution in [3.8, 4) is 0 Å². The second kappa shape index (κ2) is 5.81. The Hall–Kier alpha value is -2.95. The van der Waals surface area contributed by atoms with Crippen molar-refractivity contribution in [2.24, 2.45) is 0 Å². The van der Waals surface area contributed by atoms with Gasteiger partial charge in [0.05, 0.1) is 24.7 Å². The van der Waals surface area contributed by atoms with Crippen LogP contribution in [0.25, 0.3) is 10.9 Å². The summed E-state index contributed by atoms with van der Waals surface area (Å²) < 4.78 is 6.17. The fourth-order valence-electron chi connectivity index (χ4n) is 2.37. The SMILES string of the molecule is COC(=O)c1ccc(=O)n(Cc2cccc3cccnc23)c1. The minimum atomic E-state index is -0.468. The number of carbonyl (C=O) groups is 1. The zero-order valence-corrected chi connectivity index (χ0v) is 12.0. The van der Waals surface area contributed by atoms with Gasteiger partial charge in [0.1, 0.15) is 0 Å². The quantitative estimate of drug-likeness (QED) is 0.695. The number of methoxy groups -OCH3 is 1. The molecule has 0 aliphatic heterocycles. The molecule has 2 aromatic heterocycles. The van der Waals surface area contributed by atoms with Crippen LogP contribution >= 0.6 is 0 Å². The molecule has 5 heteroatoms. The Balaban J connectivity index is 2.05. The van der Waals surface area contributed by atoms with Crippen LogP contribution in [0.4, 0.5) is 0 Å². The normalized spacial score (nSPS) is 10.6. The molecule has 0 radical (unpaired) electrons. The molecule has 3 aromatic rings. The van der Waals surface area contributed by atoms with Crippen LogP contribution < -0.4 is 5.56 Å². The summed E-state index contributed by atoms with van der Waals surface area (Å²) in [5, 5.41) is 1.01. The lowest BCUT2D eigenvalue weighted by Gasteiger charge is -2.09. The number of nitrogens with zero attached hydrogens (tertiary/aromatic N) is 2. The van der Waals surface area contributed by atoms with Gasteiger partial charge in [0, 0.05) is 23.8 Å². The van der Waals surface area contributed by atoms with E-state index in [1.54, 1.807) is 6.20 Å². The number of aromatic nitrogens is 2. The molecule has 0 amide bonds. The molecule has 0 spiro atoms. The molecule has 0 saturated heterocycles. The first-order valence-corrected chi connectivity index (χ1v) is 6.80. The average Bonchev–Trinajstić information content (AvgIpc) is 2.56. The van der Waals surface area contributed by atoms with Crippen LogP contribution in [0.2, 0.25) is 0 Å². The highest BCUT2D eigenvalue weighted by molar-refractivity contribution is 5.88. The lowest BCUT2D eigenvalue weighted by atomic mass is 10.1. The largest absolute Gasteiger partial charge is 0.465 e. The highest BCUT2D eigenvalue weighted by atomic mass is 16.5. The second-order valence-corrected chi connectivity index (χ2v) is 4.87. The molecule has 2 heterocycles. The maximum absolute atomic E-state index is 12.0. The van der Waals surface area contributed by atoms with Gasteiger partial charge >= 0.3 is 5.97 Å². The van der Waals surface area contributed by atoms with Crippen molar-refractivity contribution >= 4 is 16.9 Å². The van der Waals surface area contributed by atoms with Crippen LogP contribution in [0, 0.1) is 0 Å². The molecule has 0 N–H and O–H groups in total. The number of hydrogen-bond donors (Lipinski definition) is 0. The van der Waals surface area contributed by atoms with Crippen LogP contribution in [0.1, 0.15) is 15.9 Å². The first kappa shape index (κ1) is 14.0. The van der Waals surface area contributed by atoms with E-state index in [1.165, 1.54) is 30.0 Å². The molecule has 110 valence electrons. The Morgan fingerprint density at radius 1 is 1.18 bits per heavy atom. The number of benzene rings is 1. The van der Waals surface area contributed by atoms with Crippen molar-refractivity contribution in [2.75, 3.05) is 7.11 Å². The molecular weight excluding hydrogens is 280 g/mol. The monoisotopic (exact) mass is 294 g/mol. The maximum atomic E-state index is 12.0. The predicted octanol–water partition coefficient (Wildman–Crippen LogP) is 2.23. The number of para-hydroxylation sites is 1. The van der Waals surface area contributed by atoms with Crippen LogP contribution in [0.15, 0.2) is 59.7 Å². The van der Waals surface area contributed by atoms with E-state index in [0.29, 0.717) is 12.1 Å². The number of carbonyl (C=O) groups excluding carboxylic acids is 1. The Morgan fingerprint density at radius 3 is 2.82 bits per heavy atom. The van der Waals surface area contributed by atoms with Gasteiger partial charge in [-0.3, -0.25) is 9.78 Å². The van der Waals surface area contributed by atoms with Crippen molar-refractivity contribution in [2.45, 2.75) is 6.54 Å². The Morgan fingerprint density at radius 2 is 2.00 bits per heavy atom. The summed E-state index contributed by atoms with van der Waals surface area (Å²) in [6.45, 7) is 0.345. The van der Waals surface area contributed by atoms with Gasteiger partial charge in [-0.05, 0) is 17.7 Å². The topological polar surface area (TPSA) is 61.2 Å². The van der Waals surface area contributed by atoms with Crippen LogP contribution in [-0.4, -0.2) is 22.6 Å². The molecule has 0 saturated carbocycles. The second-order valence-electron chi connectivity index (χ2n) is 4.87. The fraction of sp³-hybridized carbons (Fsp3) is 0.118. The average molecular weight is 294 g/mol. The molecule has 5 nitrogen and oxygen atoms in total. The standard InChI is InChI=1S/C17H14N2O3/c1-22-17(21)14-7-8-15(20)19(11-14)10-13-5-2-4-12-6-3-9-18-16(12)13/h2-9,11H,10H2,1H3. The van der Waals surface area contributed by atoms with Gasteiger partial charge in [0.15, 0.2) is 0 Å². The number of ether oxygens (including phenoxy) is 1. The number of pyridine rings is 2. The third-order valence-corrected chi connectivity index (χ3v) is 3.46. The number of hydrogen-bond acceptors (Lipinski definition) is 4. The highest BCUT2D eigenvalue weighted by Gasteiger charge is 2.09. The van der Waals surface area contributed by atoms with E-state index in [-0.39, 0.29) is 5.56 Å². The first-order valence-electron chi connectivity index (χ1n) is 6.80. The van der Waals surface area contributed by atoms with Gasteiger partial charge in [0.25, 0.3) is 5.56 Å². The summed E-state index contributed by atoms with van der Waals surface area (Å²) in [7, 11) is 1.31. The molecule has 0 unspecified atom stereocenters. The molecule has 0 fully saturated rings. The Bertz CT molecular complexity index is 894. The first-order chi connectivity index (χ1) is 10.7. The lowest BCUT2D eigenvalue weighted by molar-refractivity contribution is 0.0599. The van der Waals surface area contributed by atoms with Gasteiger partial charge in [0.2, 0.25) is 0 Å². The molecule has 0 aliphatic rings. The third kappa shape index (κ3) is 2.61. The number of esters is 1. The Kier molecular flexibility index (Phi) is 3.70. The number of fused-ring (bicyclic) bond motifs is 1. The summed E-state index contributed by atoms with van der Waals surface area (Å²) in [4.78, 5) is 28.0. The molecule has 1 aromatic carbocycles. The maximum Gasteiger partial charge on any atom is 0.339 e. The zero-order valence-electron chi connectivity index (χ0n) is 12.0. The summed E-state index contributed by atoms with van der Waals surface area (Å²) in [6.07, 6.45) is 3.23. The van der Waals surface area contributed by atoms with Crippen molar-refractivity contribution in [1.29, 1.82) is 0 Å². The van der Waals surface area contributed by atoms with E-state index in [4.69, 9.17) is 0 Å². The van der Waals surface area contributed by atoms with Gasteiger partial charge in [-0.2, -0.15) is 0 Å². The smallest absolute Gasteiger partial charge is 0.339 e. The van der Waals surface area contributed by atoms with E-state index < -0.39 is 5.97 Å². The molecule has 0 aliphatic carbocycles. The molecular formula is C17H14N2O3. The predicted molar refractivity (Wildman–Crippen MR) is 82.9 cm³/mol. The van der Waals surface area contributed by atoms with Gasteiger partial charge < -0.3 is 9.30 Å². The van der Waals surface area contributed by atoms with Crippen molar-refractivity contribution < 1.29 is 9.53 Å². The minimum absolute atomic E-state index is 0.180. The van der Waals surface area contributed by atoms with Crippen molar-refractivity contribution in [1.82, 2.24) is 9.55 Å². The third-order valence-electron chi connectivity index (χ3n) is 3.46. The van der Waals surface area contributed by atoms with Crippen molar-refractivity contribution in [3.63, 3.8) is 0 Å². The van der Waals surface area contributed by atoms with Crippen LogP contribution in [0.3, 0.4) is 0 Å². The Labute approximate surface area is 126 Å². The van der Waals surface area contributed by atoms with E-state index in [9.17, 15) is 9.59 Å². The highest BCUT2D eigenvalue weighted by Crippen LogP contribution is 2.16. The van der Waals surface area contributed by atoms with Gasteiger partial charge in [-0.15, -0.1) is 0 Å². The summed E-state index contributed by atoms with van der Waals surface area (Å²) in [5.74, 6) is -0.468. The zero-order chi connectivity index (χ0) is 15.5. The van der Waals surface area contributed by atoms with Crippen LogP contribution in [-0.2, 0) is 11.3 Å². The summed E-state index contributed by atoms with van der Waals surface area (Å²) in [6, 6.07) is 12.5. The van der Waals surface area contributed by atoms with Gasteiger partial charge in [-0.25, -0.2) is 4.79 Å². The molecule has 3 rings (SSSR count). The summed E-state index contributed by atoms with van der Waals surface area (Å²) in [5.41, 5.74) is 1.93. The van der Waals surface area contributed by atoms with E-state index in [2.05, 4.69) is 9.72 Å². The van der Waals surface area contributed by atoms with Crippen molar-refractivity contribution in [3.05, 3.63) is 76.3 Å². The molecule has 0 atom stereocenters. The summed E-state index contributed by atoms with van der Waals surface area (Å²) >= 11 is 0. The van der Waals surface area contributed by atoms with Gasteiger partial charge in [-0.1, -0.05) is 24.3 Å².